The molecule has 2 rings (SSSR count). The molecule has 0 atom stereocenters. The van der Waals surface area contributed by atoms with Crippen LogP contribution in [0, 0.1) is 6.92 Å². The molecular formula is C6H6N4O2. The van der Waals surface area contributed by atoms with Gasteiger partial charge in [-0.2, -0.15) is 0 Å². The topological polar surface area (TPSA) is 91.0 Å². The van der Waals surface area contributed by atoms with Gasteiger partial charge in [0.25, 0.3) is 5.89 Å². The highest BCUT2D eigenvalue weighted by Gasteiger charge is 2.12. The second-order valence-electron chi connectivity index (χ2n) is 2.24. The standard InChI is InChI=1S/C6H6N4O2/c1-3-4(2-8-12-3)5-9-10-6(7)11-5/h2H,1H3,(H2,7,10). The van der Waals surface area contributed by atoms with E-state index in [1.807, 2.05) is 0 Å². The smallest absolute Gasteiger partial charge is 0.313 e. The van der Waals surface area contributed by atoms with Gasteiger partial charge in [0.15, 0.2) is 0 Å². The molecule has 6 heteroatoms. The molecule has 2 heterocycles. The van der Waals surface area contributed by atoms with Gasteiger partial charge >= 0.3 is 6.01 Å². The van der Waals surface area contributed by atoms with Crippen LogP contribution >= 0.6 is 0 Å². The maximum atomic E-state index is 5.24. The Bertz CT molecular complexity index is 392. The van der Waals surface area contributed by atoms with Crippen molar-refractivity contribution in [3.63, 3.8) is 0 Å². The Morgan fingerprint density at radius 2 is 2.25 bits per heavy atom. The zero-order valence-electron chi connectivity index (χ0n) is 6.31. The Balaban J connectivity index is 2.50. The third kappa shape index (κ3) is 0.931. The molecule has 0 saturated carbocycles. The highest BCUT2D eigenvalue weighted by molar-refractivity contribution is 5.53. The number of anilines is 1. The number of nitrogens with two attached hydrogens (primary N) is 1. The fourth-order valence-electron chi connectivity index (χ4n) is 0.847. The first-order valence-electron chi connectivity index (χ1n) is 3.28. The summed E-state index contributed by atoms with van der Waals surface area (Å²) >= 11 is 0. The molecule has 2 aromatic heterocycles. The van der Waals surface area contributed by atoms with E-state index in [1.165, 1.54) is 6.20 Å². The second-order valence-corrected chi connectivity index (χ2v) is 2.24. The monoisotopic (exact) mass is 166 g/mol. The molecule has 0 saturated heterocycles. The summed E-state index contributed by atoms with van der Waals surface area (Å²) in [6.07, 6.45) is 1.50. The summed E-state index contributed by atoms with van der Waals surface area (Å²) in [5.41, 5.74) is 5.91. The van der Waals surface area contributed by atoms with Crippen LogP contribution < -0.4 is 5.73 Å². The van der Waals surface area contributed by atoms with E-state index < -0.39 is 0 Å². The van der Waals surface area contributed by atoms with E-state index >= 15 is 0 Å². The molecule has 6 nitrogen and oxygen atoms in total. The minimum absolute atomic E-state index is 0.0330. The number of nitrogen functional groups attached to an aromatic ring is 1. The maximum Gasteiger partial charge on any atom is 0.313 e. The van der Waals surface area contributed by atoms with Gasteiger partial charge in [0.1, 0.15) is 11.3 Å². The molecule has 2 aromatic rings. The molecule has 2 N–H and O–H groups in total. The van der Waals surface area contributed by atoms with Crippen LogP contribution in [-0.4, -0.2) is 15.4 Å². The van der Waals surface area contributed by atoms with Gasteiger partial charge in [-0.1, -0.05) is 10.3 Å². The summed E-state index contributed by atoms with van der Waals surface area (Å²) in [7, 11) is 0. The summed E-state index contributed by atoms with van der Waals surface area (Å²) in [6.45, 7) is 1.75. The van der Waals surface area contributed by atoms with Crippen LogP contribution in [-0.2, 0) is 0 Å². The first-order chi connectivity index (χ1) is 5.77. The predicted molar refractivity (Wildman–Crippen MR) is 38.9 cm³/mol. The molecule has 62 valence electrons. The molecule has 0 aliphatic heterocycles. The van der Waals surface area contributed by atoms with Crippen LogP contribution in [0.5, 0.6) is 0 Å². The predicted octanol–water partition coefficient (Wildman–Crippen LogP) is 0.615. The van der Waals surface area contributed by atoms with E-state index in [0.717, 1.165) is 0 Å². The van der Waals surface area contributed by atoms with Gasteiger partial charge in [0.2, 0.25) is 0 Å². The number of hydrogen-bond acceptors (Lipinski definition) is 6. The first-order valence-corrected chi connectivity index (χ1v) is 3.28. The highest BCUT2D eigenvalue weighted by Crippen LogP contribution is 2.21. The summed E-state index contributed by atoms with van der Waals surface area (Å²) < 4.78 is 9.77. The van der Waals surface area contributed by atoms with Crippen LogP contribution in [0.25, 0.3) is 11.5 Å². The SMILES string of the molecule is Cc1oncc1-c1nnc(N)o1. The molecule has 12 heavy (non-hydrogen) atoms. The van der Waals surface area contributed by atoms with Crippen LogP contribution in [0.2, 0.25) is 0 Å². The summed E-state index contributed by atoms with van der Waals surface area (Å²) in [5, 5.41) is 10.7. The van der Waals surface area contributed by atoms with E-state index in [-0.39, 0.29) is 6.01 Å². The van der Waals surface area contributed by atoms with E-state index in [0.29, 0.717) is 17.2 Å². The zero-order valence-corrected chi connectivity index (χ0v) is 6.31. The lowest BCUT2D eigenvalue weighted by Gasteiger charge is -1.85. The first kappa shape index (κ1) is 6.84. The minimum atomic E-state index is 0.0330. The molecule has 0 unspecified atom stereocenters. The van der Waals surface area contributed by atoms with Crippen molar-refractivity contribution in [3.05, 3.63) is 12.0 Å². The van der Waals surface area contributed by atoms with E-state index in [9.17, 15) is 0 Å². The van der Waals surface area contributed by atoms with Crippen molar-refractivity contribution in [2.45, 2.75) is 6.92 Å². The second kappa shape index (κ2) is 2.33. The molecule has 0 fully saturated rings. The lowest BCUT2D eigenvalue weighted by Crippen LogP contribution is -1.81. The molecule has 0 aliphatic rings. The highest BCUT2D eigenvalue weighted by atomic mass is 16.5. The average molecular weight is 166 g/mol. The van der Waals surface area contributed by atoms with E-state index in [1.54, 1.807) is 6.92 Å². The van der Waals surface area contributed by atoms with E-state index in [4.69, 9.17) is 14.7 Å². The van der Waals surface area contributed by atoms with Crippen molar-refractivity contribution in [1.29, 1.82) is 0 Å². The molecule has 0 bridgehead atoms. The van der Waals surface area contributed by atoms with Gasteiger partial charge in [-0.3, -0.25) is 0 Å². The number of rotatable bonds is 1. The van der Waals surface area contributed by atoms with Crippen LogP contribution in [0.1, 0.15) is 5.76 Å². The third-order valence-electron chi connectivity index (χ3n) is 1.42. The van der Waals surface area contributed by atoms with Crippen molar-refractivity contribution < 1.29 is 8.94 Å². The lowest BCUT2D eigenvalue weighted by molar-refractivity contribution is 0.397. The maximum absolute atomic E-state index is 5.24. The number of aryl methyl sites for hydroxylation is 1. The molecular weight excluding hydrogens is 160 g/mol. The molecule has 0 aromatic carbocycles. The van der Waals surface area contributed by atoms with Gasteiger partial charge in [-0.05, 0) is 6.92 Å². The van der Waals surface area contributed by atoms with Crippen molar-refractivity contribution in [2.24, 2.45) is 0 Å². The van der Waals surface area contributed by atoms with Gasteiger partial charge < -0.3 is 14.7 Å². The molecule has 0 aliphatic carbocycles. The number of nitrogens with zero attached hydrogens (tertiary/aromatic N) is 3. The quantitative estimate of drug-likeness (QED) is 0.667. The number of aromatic nitrogens is 3. The summed E-state index contributed by atoms with van der Waals surface area (Å²) in [4.78, 5) is 0. The number of hydrogen-bond donors (Lipinski definition) is 1. The Hall–Kier alpha value is -1.85. The molecule has 0 spiro atoms. The van der Waals surface area contributed by atoms with Crippen molar-refractivity contribution >= 4 is 6.01 Å². The molecule has 0 radical (unpaired) electrons. The summed E-state index contributed by atoms with van der Waals surface area (Å²) in [6, 6.07) is 0.0330. The molecule has 0 amide bonds. The Kier molecular flexibility index (Phi) is 1.33. The fraction of sp³-hybridized carbons (Fsp3) is 0.167. The van der Waals surface area contributed by atoms with Crippen LogP contribution in [0.3, 0.4) is 0 Å². The van der Waals surface area contributed by atoms with Gasteiger partial charge in [-0.15, -0.1) is 5.10 Å². The van der Waals surface area contributed by atoms with Crippen LogP contribution in [0.15, 0.2) is 15.1 Å². The van der Waals surface area contributed by atoms with E-state index in [2.05, 4.69) is 15.4 Å². The lowest BCUT2D eigenvalue weighted by atomic mass is 10.3. The van der Waals surface area contributed by atoms with Gasteiger partial charge in [0, 0.05) is 0 Å². The Morgan fingerprint density at radius 1 is 1.42 bits per heavy atom. The fourth-order valence-corrected chi connectivity index (χ4v) is 0.847. The Morgan fingerprint density at radius 3 is 2.75 bits per heavy atom. The zero-order chi connectivity index (χ0) is 8.55. The largest absolute Gasteiger partial charge is 0.403 e. The van der Waals surface area contributed by atoms with Gasteiger partial charge in [0.05, 0.1) is 6.20 Å². The average Bonchev–Trinajstić information content (AvgIpc) is 2.58. The van der Waals surface area contributed by atoms with Crippen LogP contribution in [0.4, 0.5) is 6.01 Å². The minimum Gasteiger partial charge on any atom is -0.403 e. The van der Waals surface area contributed by atoms with Crippen molar-refractivity contribution in [1.82, 2.24) is 15.4 Å². The summed E-state index contributed by atoms with van der Waals surface area (Å²) in [5.74, 6) is 0.949. The van der Waals surface area contributed by atoms with Gasteiger partial charge in [-0.25, -0.2) is 0 Å². The normalized spacial score (nSPS) is 10.4. The van der Waals surface area contributed by atoms with Crippen molar-refractivity contribution in [2.75, 3.05) is 5.73 Å². The third-order valence-corrected chi connectivity index (χ3v) is 1.42. The van der Waals surface area contributed by atoms with Crippen molar-refractivity contribution in [3.8, 4) is 11.5 Å². The Labute approximate surface area is 67.4 Å².